The standard InChI is InChI=1S/2C5H7NO3/c2*1-9-6-4(7)2-3-5(6)8/h2*2-3H2,1H3. The maximum atomic E-state index is 10.6. The Morgan fingerprint density at radius 2 is 0.889 bits per heavy atom. The summed E-state index contributed by atoms with van der Waals surface area (Å²) in [6.07, 6.45) is 1.14. The molecule has 2 saturated heterocycles. The highest BCUT2D eigenvalue weighted by atomic mass is 16.7. The van der Waals surface area contributed by atoms with Crippen molar-refractivity contribution >= 4 is 23.6 Å². The Labute approximate surface area is 103 Å². The van der Waals surface area contributed by atoms with Crippen LogP contribution < -0.4 is 0 Å². The molecule has 0 aromatic heterocycles. The van der Waals surface area contributed by atoms with Gasteiger partial charge in [-0.1, -0.05) is 0 Å². The molecule has 8 heteroatoms. The van der Waals surface area contributed by atoms with Gasteiger partial charge in [0.2, 0.25) is 0 Å². The molecule has 100 valence electrons. The molecule has 0 atom stereocenters. The molecule has 0 spiro atoms. The van der Waals surface area contributed by atoms with E-state index in [9.17, 15) is 19.2 Å². The van der Waals surface area contributed by atoms with E-state index in [2.05, 4.69) is 9.68 Å². The molecule has 4 amide bonds. The number of amides is 4. The van der Waals surface area contributed by atoms with E-state index in [0.29, 0.717) is 0 Å². The third-order valence-corrected chi connectivity index (χ3v) is 2.38. The monoisotopic (exact) mass is 258 g/mol. The van der Waals surface area contributed by atoms with E-state index in [0.717, 1.165) is 10.1 Å². The minimum absolute atomic E-state index is 0.248. The van der Waals surface area contributed by atoms with Crippen LogP contribution in [0.25, 0.3) is 0 Å². The Morgan fingerprint density at radius 3 is 1.00 bits per heavy atom. The molecule has 0 bridgehead atoms. The summed E-state index contributed by atoms with van der Waals surface area (Å²) in [5.74, 6) is -0.991. The summed E-state index contributed by atoms with van der Waals surface area (Å²) in [5, 5.41) is 1.58. The fourth-order valence-corrected chi connectivity index (χ4v) is 1.52. The predicted molar refractivity (Wildman–Crippen MR) is 56.2 cm³/mol. The highest BCUT2D eigenvalue weighted by molar-refractivity contribution is 6.01. The lowest BCUT2D eigenvalue weighted by atomic mass is 10.4. The van der Waals surface area contributed by atoms with Crippen molar-refractivity contribution < 1.29 is 28.9 Å². The smallest absolute Gasteiger partial charge is 0.253 e. The van der Waals surface area contributed by atoms with Crippen LogP contribution in [0.3, 0.4) is 0 Å². The molecule has 18 heavy (non-hydrogen) atoms. The SMILES string of the molecule is CON1C(=O)CCC1=O.CON1C(=O)CCC1=O. The number of hydrogen-bond acceptors (Lipinski definition) is 6. The van der Waals surface area contributed by atoms with Gasteiger partial charge in [0.1, 0.15) is 0 Å². The maximum absolute atomic E-state index is 10.6. The van der Waals surface area contributed by atoms with Crippen molar-refractivity contribution in [3.8, 4) is 0 Å². The van der Waals surface area contributed by atoms with Crippen LogP contribution in [0.1, 0.15) is 25.7 Å². The summed E-state index contributed by atoms with van der Waals surface area (Å²) in [6.45, 7) is 0. The van der Waals surface area contributed by atoms with Gasteiger partial charge in [-0.15, -0.1) is 0 Å². The fraction of sp³-hybridized carbons (Fsp3) is 0.600. The summed E-state index contributed by atoms with van der Waals surface area (Å²) >= 11 is 0. The van der Waals surface area contributed by atoms with Crippen molar-refractivity contribution in [2.75, 3.05) is 14.2 Å². The molecule has 2 rings (SSSR count). The van der Waals surface area contributed by atoms with Gasteiger partial charge in [0.25, 0.3) is 23.6 Å². The molecule has 0 radical (unpaired) electrons. The Balaban J connectivity index is 0.000000180. The zero-order chi connectivity index (χ0) is 13.7. The minimum Gasteiger partial charge on any atom is -0.272 e. The summed E-state index contributed by atoms with van der Waals surface area (Å²) in [5.41, 5.74) is 0. The van der Waals surface area contributed by atoms with Crippen LogP contribution in [0.15, 0.2) is 0 Å². The number of carbonyl (C=O) groups is 4. The third kappa shape index (κ3) is 3.11. The number of carbonyl (C=O) groups excluding carboxylic acids is 4. The fourth-order valence-electron chi connectivity index (χ4n) is 1.52. The van der Waals surface area contributed by atoms with Crippen molar-refractivity contribution in [1.82, 2.24) is 10.1 Å². The van der Waals surface area contributed by atoms with Crippen molar-refractivity contribution in [3.05, 3.63) is 0 Å². The molecule has 0 N–H and O–H groups in total. The van der Waals surface area contributed by atoms with Gasteiger partial charge in [0, 0.05) is 25.7 Å². The van der Waals surface area contributed by atoms with Crippen LogP contribution in [0, 0.1) is 0 Å². The van der Waals surface area contributed by atoms with Crippen LogP contribution in [-0.4, -0.2) is 48.0 Å². The van der Waals surface area contributed by atoms with E-state index >= 15 is 0 Å². The molecule has 0 aromatic carbocycles. The van der Waals surface area contributed by atoms with E-state index < -0.39 is 0 Å². The van der Waals surface area contributed by atoms with Gasteiger partial charge < -0.3 is 0 Å². The first-order valence-electron chi connectivity index (χ1n) is 5.31. The average Bonchev–Trinajstić information content (AvgIpc) is 2.83. The van der Waals surface area contributed by atoms with Gasteiger partial charge in [0.05, 0.1) is 14.2 Å². The Morgan fingerprint density at radius 1 is 0.667 bits per heavy atom. The van der Waals surface area contributed by atoms with Crippen LogP contribution in [-0.2, 0) is 28.9 Å². The van der Waals surface area contributed by atoms with Gasteiger partial charge in [-0.25, -0.2) is 0 Å². The molecule has 2 heterocycles. The lowest BCUT2D eigenvalue weighted by molar-refractivity contribution is -0.180. The van der Waals surface area contributed by atoms with Crippen molar-refractivity contribution in [2.45, 2.75) is 25.7 Å². The molecular weight excluding hydrogens is 244 g/mol. The van der Waals surface area contributed by atoms with Crippen LogP contribution in [0.2, 0.25) is 0 Å². The zero-order valence-corrected chi connectivity index (χ0v) is 10.2. The number of rotatable bonds is 2. The second kappa shape index (κ2) is 6.22. The van der Waals surface area contributed by atoms with Crippen LogP contribution in [0.5, 0.6) is 0 Å². The van der Waals surface area contributed by atoms with Crippen molar-refractivity contribution in [3.63, 3.8) is 0 Å². The third-order valence-electron chi connectivity index (χ3n) is 2.38. The van der Waals surface area contributed by atoms with E-state index in [1.165, 1.54) is 14.2 Å². The van der Waals surface area contributed by atoms with E-state index in [4.69, 9.17) is 0 Å². The van der Waals surface area contributed by atoms with Gasteiger partial charge in [0.15, 0.2) is 0 Å². The molecule has 2 fully saturated rings. The van der Waals surface area contributed by atoms with Gasteiger partial charge in [-0.05, 0) is 0 Å². The molecule has 2 aliphatic heterocycles. The second-order valence-corrected chi connectivity index (χ2v) is 3.53. The Bertz CT molecular complexity index is 313. The van der Waals surface area contributed by atoms with Crippen molar-refractivity contribution in [2.24, 2.45) is 0 Å². The highest BCUT2D eigenvalue weighted by Crippen LogP contribution is 2.10. The summed E-state index contributed by atoms with van der Waals surface area (Å²) in [7, 11) is 2.61. The van der Waals surface area contributed by atoms with Gasteiger partial charge in [-0.2, -0.15) is 10.1 Å². The number of imide groups is 2. The van der Waals surface area contributed by atoms with E-state index in [1.807, 2.05) is 0 Å². The number of nitrogens with zero attached hydrogens (tertiary/aromatic N) is 2. The Hall–Kier alpha value is -1.80. The second-order valence-electron chi connectivity index (χ2n) is 3.53. The van der Waals surface area contributed by atoms with Gasteiger partial charge in [-0.3, -0.25) is 28.9 Å². The summed E-state index contributed by atoms with van der Waals surface area (Å²) in [6, 6.07) is 0. The lowest BCUT2D eigenvalue weighted by Gasteiger charge is -2.07. The first-order valence-corrected chi connectivity index (χ1v) is 5.31. The van der Waals surface area contributed by atoms with E-state index in [-0.39, 0.29) is 49.3 Å². The summed E-state index contributed by atoms with van der Waals surface area (Å²) in [4.78, 5) is 51.3. The van der Waals surface area contributed by atoms with Crippen LogP contribution >= 0.6 is 0 Å². The lowest BCUT2D eigenvalue weighted by Crippen LogP contribution is -2.27. The first kappa shape index (κ1) is 14.3. The quantitative estimate of drug-likeness (QED) is 0.613. The zero-order valence-electron chi connectivity index (χ0n) is 10.2. The topological polar surface area (TPSA) is 93.2 Å². The molecule has 8 nitrogen and oxygen atoms in total. The van der Waals surface area contributed by atoms with Crippen LogP contribution in [0.4, 0.5) is 0 Å². The largest absolute Gasteiger partial charge is 0.272 e. The Kier molecular flexibility index (Phi) is 4.93. The highest BCUT2D eigenvalue weighted by Gasteiger charge is 2.29. The maximum Gasteiger partial charge on any atom is 0.253 e. The molecule has 0 unspecified atom stereocenters. The van der Waals surface area contributed by atoms with Crippen molar-refractivity contribution in [1.29, 1.82) is 0 Å². The number of hydrogen-bond donors (Lipinski definition) is 0. The van der Waals surface area contributed by atoms with Gasteiger partial charge >= 0.3 is 0 Å². The molecule has 0 aliphatic carbocycles. The average molecular weight is 258 g/mol. The molecule has 0 saturated carbocycles. The minimum atomic E-state index is -0.248. The molecule has 0 aromatic rings. The first-order chi connectivity index (χ1) is 8.51. The molecular formula is C10H14N2O6. The van der Waals surface area contributed by atoms with E-state index in [1.54, 1.807) is 0 Å². The summed E-state index contributed by atoms with van der Waals surface area (Å²) < 4.78 is 0. The normalized spacial score (nSPS) is 19.4. The predicted octanol–water partition coefficient (Wildman–Crippen LogP) is -0.606. The number of hydroxylamine groups is 4. The molecule has 2 aliphatic rings.